The number of thioether (sulfide) groups is 1. The molecule has 1 fully saturated rings. The molecule has 1 heterocycles. The van der Waals surface area contributed by atoms with E-state index in [4.69, 9.17) is 0 Å². The van der Waals surface area contributed by atoms with Crippen LogP contribution in [0.2, 0.25) is 0 Å². The van der Waals surface area contributed by atoms with Gasteiger partial charge in [-0.25, -0.2) is 0 Å². The molecule has 0 radical (unpaired) electrons. The van der Waals surface area contributed by atoms with E-state index < -0.39 is 5.51 Å². The minimum absolute atomic E-state index is 0.0810. The van der Waals surface area contributed by atoms with Gasteiger partial charge in [0.25, 0.3) is 0 Å². The topological polar surface area (TPSA) is 12.0 Å². The van der Waals surface area contributed by atoms with Gasteiger partial charge in [0.2, 0.25) is 0 Å². The largest absolute Gasteiger partial charge is 0.442 e. The SMILES string of the molecule is FC(F)(F)SC1CNC1. The number of alkyl halides is 3. The van der Waals surface area contributed by atoms with Crippen molar-refractivity contribution in [1.82, 2.24) is 5.32 Å². The lowest BCUT2D eigenvalue weighted by atomic mass is 10.3. The summed E-state index contributed by atoms with van der Waals surface area (Å²) in [5, 5.41) is 2.52. The van der Waals surface area contributed by atoms with Crippen LogP contribution < -0.4 is 5.32 Å². The van der Waals surface area contributed by atoms with Crippen LogP contribution >= 0.6 is 11.8 Å². The van der Waals surface area contributed by atoms with Crippen LogP contribution in [0.4, 0.5) is 13.2 Å². The first kappa shape index (κ1) is 7.21. The fraction of sp³-hybridized carbons (Fsp3) is 1.00. The second-order valence-electron chi connectivity index (χ2n) is 1.84. The average molecular weight is 157 g/mol. The van der Waals surface area contributed by atoms with Crippen LogP contribution in [-0.2, 0) is 0 Å². The summed E-state index contributed by atoms with van der Waals surface area (Å²) in [5.74, 6) is 0. The van der Waals surface area contributed by atoms with Crippen molar-refractivity contribution in [3.05, 3.63) is 0 Å². The van der Waals surface area contributed by atoms with Gasteiger partial charge in [-0.15, -0.1) is 0 Å². The Labute approximate surface area is 55.0 Å². The van der Waals surface area contributed by atoms with Gasteiger partial charge in [-0.05, 0) is 11.8 Å². The van der Waals surface area contributed by atoms with Crippen molar-refractivity contribution >= 4 is 11.8 Å². The second-order valence-corrected chi connectivity index (χ2v) is 3.21. The molecule has 0 aromatic rings. The summed E-state index contributed by atoms with van der Waals surface area (Å²) in [5.41, 5.74) is -4.05. The summed E-state index contributed by atoms with van der Waals surface area (Å²) in [6.45, 7) is 0.981. The predicted molar refractivity (Wildman–Crippen MR) is 30.3 cm³/mol. The molecule has 0 amide bonds. The standard InChI is InChI=1S/C4H6F3NS/c5-4(6,7)9-3-1-8-2-3/h3,8H,1-2H2. The first-order valence-electron chi connectivity index (χ1n) is 2.53. The van der Waals surface area contributed by atoms with Crippen LogP contribution in [-0.4, -0.2) is 23.8 Å². The number of hydrogen-bond acceptors (Lipinski definition) is 2. The zero-order chi connectivity index (χ0) is 6.91. The van der Waals surface area contributed by atoms with Crippen LogP contribution in [0.15, 0.2) is 0 Å². The Bertz CT molecular complexity index is 98.5. The van der Waals surface area contributed by atoms with Crippen molar-refractivity contribution in [2.75, 3.05) is 13.1 Å². The van der Waals surface area contributed by atoms with Gasteiger partial charge in [0.05, 0.1) is 0 Å². The summed E-state index contributed by atoms with van der Waals surface area (Å²) < 4.78 is 34.4. The van der Waals surface area contributed by atoms with Crippen LogP contribution in [0.25, 0.3) is 0 Å². The lowest BCUT2D eigenvalue weighted by Crippen LogP contribution is -2.45. The smallest absolute Gasteiger partial charge is 0.314 e. The monoisotopic (exact) mass is 157 g/mol. The third kappa shape index (κ3) is 2.45. The summed E-state index contributed by atoms with van der Waals surface area (Å²) >= 11 is 0.0810. The third-order valence-electron chi connectivity index (χ3n) is 1.04. The van der Waals surface area contributed by atoms with Gasteiger partial charge in [-0.1, -0.05) is 0 Å². The van der Waals surface area contributed by atoms with E-state index in [1.807, 2.05) is 0 Å². The van der Waals surface area contributed by atoms with Crippen molar-refractivity contribution in [2.24, 2.45) is 0 Å². The van der Waals surface area contributed by atoms with E-state index in [9.17, 15) is 13.2 Å². The van der Waals surface area contributed by atoms with Crippen molar-refractivity contribution in [3.8, 4) is 0 Å². The second kappa shape index (κ2) is 2.38. The highest BCUT2D eigenvalue weighted by molar-refractivity contribution is 8.00. The Morgan fingerprint density at radius 1 is 1.33 bits per heavy atom. The molecule has 1 nitrogen and oxygen atoms in total. The lowest BCUT2D eigenvalue weighted by molar-refractivity contribution is -0.0336. The lowest BCUT2D eigenvalue weighted by Gasteiger charge is -2.26. The minimum atomic E-state index is -4.05. The highest BCUT2D eigenvalue weighted by Gasteiger charge is 2.35. The van der Waals surface area contributed by atoms with Crippen LogP contribution in [0.5, 0.6) is 0 Å². The number of rotatable bonds is 1. The summed E-state index contributed by atoms with van der Waals surface area (Å²) in [6.07, 6.45) is 0. The van der Waals surface area contributed by atoms with Crippen molar-refractivity contribution < 1.29 is 13.2 Å². The molecule has 1 aliphatic heterocycles. The highest BCUT2D eigenvalue weighted by atomic mass is 32.2. The van der Waals surface area contributed by atoms with E-state index in [1.165, 1.54) is 0 Å². The zero-order valence-electron chi connectivity index (χ0n) is 4.53. The molecule has 9 heavy (non-hydrogen) atoms. The summed E-state index contributed by atoms with van der Waals surface area (Å²) in [7, 11) is 0. The van der Waals surface area contributed by atoms with Gasteiger partial charge in [-0.2, -0.15) is 13.2 Å². The van der Waals surface area contributed by atoms with E-state index in [1.54, 1.807) is 0 Å². The fourth-order valence-corrected chi connectivity index (χ4v) is 1.31. The molecule has 0 aliphatic carbocycles. The van der Waals surface area contributed by atoms with Crippen molar-refractivity contribution in [2.45, 2.75) is 10.8 Å². The third-order valence-corrected chi connectivity index (χ3v) is 1.98. The predicted octanol–water partition coefficient (Wildman–Crippen LogP) is 1.21. The molecule has 0 atom stereocenters. The molecule has 1 rings (SSSR count). The van der Waals surface area contributed by atoms with Crippen LogP contribution in [0, 0.1) is 0 Å². The Balaban J connectivity index is 2.16. The first-order valence-corrected chi connectivity index (χ1v) is 3.41. The van der Waals surface area contributed by atoms with E-state index in [0.717, 1.165) is 0 Å². The van der Waals surface area contributed by atoms with Gasteiger partial charge >= 0.3 is 5.51 Å². The van der Waals surface area contributed by atoms with Gasteiger partial charge in [0.15, 0.2) is 0 Å². The number of hydrogen-bond donors (Lipinski definition) is 1. The Morgan fingerprint density at radius 2 is 1.89 bits per heavy atom. The molecule has 0 aromatic heterocycles. The van der Waals surface area contributed by atoms with E-state index >= 15 is 0 Å². The zero-order valence-corrected chi connectivity index (χ0v) is 5.35. The summed E-state index contributed by atoms with van der Waals surface area (Å²) in [6, 6.07) is 0. The molecule has 1 saturated heterocycles. The first-order chi connectivity index (χ1) is 4.08. The van der Waals surface area contributed by atoms with Crippen molar-refractivity contribution in [3.63, 3.8) is 0 Å². The van der Waals surface area contributed by atoms with Crippen LogP contribution in [0.3, 0.4) is 0 Å². The van der Waals surface area contributed by atoms with Gasteiger partial charge in [0, 0.05) is 18.3 Å². The molecule has 0 aromatic carbocycles. The molecular weight excluding hydrogens is 151 g/mol. The minimum Gasteiger partial charge on any atom is -0.314 e. The molecule has 0 unspecified atom stereocenters. The molecular formula is C4H6F3NS. The number of nitrogens with one attached hydrogen (secondary N) is 1. The average Bonchev–Trinajstić information content (AvgIpc) is 1.53. The molecule has 0 bridgehead atoms. The molecule has 0 saturated carbocycles. The fourth-order valence-electron chi connectivity index (χ4n) is 0.535. The van der Waals surface area contributed by atoms with E-state index in [0.29, 0.717) is 13.1 Å². The molecule has 54 valence electrons. The number of halogens is 3. The maximum absolute atomic E-state index is 11.5. The van der Waals surface area contributed by atoms with E-state index in [2.05, 4.69) is 5.32 Å². The molecule has 1 N–H and O–H groups in total. The molecule has 1 aliphatic rings. The van der Waals surface area contributed by atoms with Crippen LogP contribution in [0.1, 0.15) is 0 Å². The Kier molecular flexibility index (Phi) is 1.91. The molecule has 5 heteroatoms. The van der Waals surface area contributed by atoms with Crippen molar-refractivity contribution in [1.29, 1.82) is 0 Å². The van der Waals surface area contributed by atoms with Gasteiger partial charge in [0.1, 0.15) is 0 Å². The molecule has 0 spiro atoms. The maximum atomic E-state index is 11.5. The normalized spacial score (nSPS) is 21.7. The van der Waals surface area contributed by atoms with E-state index in [-0.39, 0.29) is 17.0 Å². The summed E-state index contributed by atoms with van der Waals surface area (Å²) in [4.78, 5) is 0. The quantitative estimate of drug-likeness (QED) is 0.614. The Hall–Kier alpha value is 0.1000. The highest BCUT2D eigenvalue weighted by Crippen LogP contribution is 2.34. The van der Waals surface area contributed by atoms with Gasteiger partial charge < -0.3 is 5.32 Å². The maximum Gasteiger partial charge on any atom is 0.442 e. The Morgan fingerprint density at radius 3 is 2.00 bits per heavy atom. The van der Waals surface area contributed by atoms with Gasteiger partial charge in [-0.3, -0.25) is 0 Å².